The van der Waals surface area contributed by atoms with Crippen LogP contribution >= 0.6 is 0 Å². The van der Waals surface area contributed by atoms with Crippen molar-refractivity contribution < 1.29 is 9.90 Å². The number of nitrogens with two attached hydrogens (primary N) is 1. The van der Waals surface area contributed by atoms with Crippen LogP contribution in [-0.2, 0) is 0 Å². The number of hydrogen-bond donors (Lipinski definition) is 2. The van der Waals surface area contributed by atoms with Crippen LogP contribution < -0.4 is 10.6 Å². The maximum Gasteiger partial charge on any atom is 0.337 e. The maximum atomic E-state index is 10.5. The Balaban J connectivity index is 3.13. The molecule has 0 fully saturated rings. The van der Waals surface area contributed by atoms with Crippen molar-refractivity contribution in [3.63, 3.8) is 0 Å². The number of carbonyl (C=O) groups is 1. The van der Waals surface area contributed by atoms with E-state index in [2.05, 4.69) is 4.98 Å². The Labute approximate surface area is 75.8 Å². The molecular weight excluding hydrogens is 170 g/mol. The first-order valence-corrected chi connectivity index (χ1v) is 3.68. The molecule has 0 atom stereocenters. The second-order valence-electron chi connectivity index (χ2n) is 2.84. The number of carboxylic acid groups (broad SMARTS) is 1. The third-order valence-corrected chi connectivity index (χ3v) is 1.57. The average molecular weight is 181 g/mol. The summed E-state index contributed by atoms with van der Waals surface area (Å²) in [6, 6.07) is 1.39. The van der Waals surface area contributed by atoms with Gasteiger partial charge in [0.05, 0.1) is 11.3 Å². The van der Waals surface area contributed by atoms with E-state index in [0.717, 1.165) is 0 Å². The second kappa shape index (κ2) is 3.30. The lowest BCUT2D eigenvalue weighted by Crippen LogP contribution is -2.13. The minimum absolute atomic E-state index is 0.100. The van der Waals surface area contributed by atoms with E-state index in [0.29, 0.717) is 11.5 Å². The summed E-state index contributed by atoms with van der Waals surface area (Å²) in [6.07, 6.45) is 1.29. The molecule has 0 unspecified atom stereocenters. The Morgan fingerprint density at radius 2 is 2.23 bits per heavy atom. The topological polar surface area (TPSA) is 79.5 Å². The van der Waals surface area contributed by atoms with Gasteiger partial charge in [0, 0.05) is 20.3 Å². The zero-order valence-corrected chi connectivity index (χ0v) is 7.48. The van der Waals surface area contributed by atoms with Gasteiger partial charge in [-0.1, -0.05) is 0 Å². The van der Waals surface area contributed by atoms with Gasteiger partial charge in [-0.15, -0.1) is 0 Å². The molecule has 0 saturated heterocycles. The van der Waals surface area contributed by atoms with Gasteiger partial charge >= 0.3 is 5.97 Å². The number of carboxylic acids is 1. The summed E-state index contributed by atoms with van der Waals surface area (Å²) in [5, 5.41) is 8.63. The third kappa shape index (κ3) is 1.87. The van der Waals surface area contributed by atoms with Gasteiger partial charge in [0.2, 0.25) is 0 Å². The lowest BCUT2D eigenvalue weighted by atomic mass is 10.2. The highest BCUT2D eigenvalue weighted by atomic mass is 16.4. The van der Waals surface area contributed by atoms with Crippen LogP contribution in [0.5, 0.6) is 0 Å². The van der Waals surface area contributed by atoms with Gasteiger partial charge in [0.1, 0.15) is 0 Å². The van der Waals surface area contributed by atoms with E-state index in [9.17, 15) is 4.79 Å². The van der Waals surface area contributed by atoms with E-state index in [-0.39, 0.29) is 5.56 Å². The van der Waals surface area contributed by atoms with Gasteiger partial charge in [-0.2, -0.15) is 0 Å². The molecule has 0 aliphatic rings. The molecule has 0 amide bonds. The predicted octanol–water partition coefficient (Wildman–Crippen LogP) is 0.428. The Morgan fingerprint density at radius 1 is 1.62 bits per heavy atom. The summed E-state index contributed by atoms with van der Waals surface area (Å²) >= 11 is 0. The van der Waals surface area contributed by atoms with Gasteiger partial charge in [-0.3, -0.25) is 0 Å². The molecule has 1 aromatic heterocycles. The van der Waals surface area contributed by atoms with Crippen LogP contribution in [-0.4, -0.2) is 30.2 Å². The van der Waals surface area contributed by atoms with E-state index < -0.39 is 5.97 Å². The second-order valence-corrected chi connectivity index (χ2v) is 2.84. The lowest BCUT2D eigenvalue weighted by Gasteiger charge is -2.13. The van der Waals surface area contributed by atoms with Crippen molar-refractivity contribution >= 4 is 17.5 Å². The summed E-state index contributed by atoms with van der Waals surface area (Å²) in [7, 11) is 3.58. The molecule has 70 valence electrons. The zero-order chi connectivity index (χ0) is 10.0. The van der Waals surface area contributed by atoms with Crippen LogP contribution in [0.1, 0.15) is 10.4 Å². The minimum atomic E-state index is -1.02. The molecule has 13 heavy (non-hydrogen) atoms. The quantitative estimate of drug-likeness (QED) is 0.691. The number of aromatic carboxylic acids is 1. The molecule has 3 N–H and O–H groups in total. The van der Waals surface area contributed by atoms with Crippen LogP contribution in [0.15, 0.2) is 12.3 Å². The van der Waals surface area contributed by atoms with Crippen molar-refractivity contribution in [3.05, 3.63) is 17.8 Å². The minimum Gasteiger partial charge on any atom is -0.478 e. The molecule has 1 aromatic rings. The monoisotopic (exact) mass is 181 g/mol. The van der Waals surface area contributed by atoms with Gasteiger partial charge in [-0.05, 0) is 6.07 Å². The number of pyridine rings is 1. The summed E-state index contributed by atoms with van der Waals surface area (Å²) in [4.78, 5) is 16.2. The van der Waals surface area contributed by atoms with Gasteiger partial charge in [0.15, 0.2) is 5.82 Å². The molecule has 5 heteroatoms. The smallest absolute Gasteiger partial charge is 0.337 e. The van der Waals surface area contributed by atoms with Crippen molar-refractivity contribution in [2.45, 2.75) is 0 Å². The van der Waals surface area contributed by atoms with Crippen molar-refractivity contribution in [1.82, 2.24) is 4.98 Å². The normalized spacial score (nSPS) is 9.69. The van der Waals surface area contributed by atoms with Gasteiger partial charge < -0.3 is 15.7 Å². The van der Waals surface area contributed by atoms with Crippen molar-refractivity contribution in [2.24, 2.45) is 0 Å². The zero-order valence-electron chi connectivity index (χ0n) is 7.48. The standard InChI is InChI=1S/C8H11N3O2/c1-11(2)7-6(9)3-5(4-10-7)8(12)13/h3-4H,9H2,1-2H3,(H,12,13). The van der Waals surface area contributed by atoms with Crippen molar-refractivity contribution in [3.8, 4) is 0 Å². The fraction of sp³-hybridized carbons (Fsp3) is 0.250. The molecule has 0 spiro atoms. The first-order valence-electron chi connectivity index (χ1n) is 3.68. The molecule has 1 heterocycles. The van der Waals surface area contributed by atoms with Crippen LogP contribution in [0.3, 0.4) is 0 Å². The predicted molar refractivity (Wildman–Crippen MR) is 49.9 cm³/mol. The van der Waals surface area contributed by atoms with E-state index in [1.807, 2.05) is 0 Å². The maximum absolute atomic E-state index is 10.5. The molecule has 0 aliphatic heterocycles. The van der Waals surface area contributed by atoms with Crippen molar-refractivity contribution in [1.29, 1.82) is 0 Å². The Hall–Kier alpha value is -1.78. The number of rotatable bonds is 2. The van der Waals surface area contributed by atoms with Crippen LogP contribution in [0.4, 0.5) is 11.5 Å². The van der Waals surface area contributed by atoms with Crippen LogP contribution in [0.25, 0.3) is 0 Å². The number of nitrogen functional groups attached to an aromatic ring is 1. The third-order valence-electron chi connectivity index (χ3n) is 1.57. The first kappa shape index (κ1) is 9.31. The highest BCUT2D eigenvalue weighted by Gasteiger charge is 2.08. The Bertz CT molecular complexity index is 336. The molecular formula is C8H11N3O2. The molecule has 0 radical (unpaired) electrons. The lowest BCUT2D eigenvalue weighted by molar-refractivity contribution is 0.0696. The molecule has 0 saturated carbocycles. The number of anilines is 2. The van der Waals surface area contributed by atoms with Crippen LogP contribution in [0, 0.1) is 0 Å². The number of hydrogen-bond acceptors (Lipinski definition) is 4. The highest BCUT2D eigenvalue weighted by molar-refractivity contribution is 5.89. The fourth-order valence-electron chi connectivity index (χ4n) is 0.965. The van der Waals surface area contributed by atoms with E-state index >= 15 is 0 Å². The summed E-state index contributed by atoms with van der Waals surface area (Å²) < 4.78 is 0. The first-order chi connectivity index (χ1) is 6.02. The summed E-state index contributed by atoms with van der Waals surface area (Å²) in [5.41, 5.74) is 6.06. The molecule has 1 rings (SSSR count). The summed E-state index contributed by atoms with van der Waals surface area (Å²) in [5.74, 6) is -0.450. The molecule has 5 nitrogen and oxygen atoms in total. The molecule has 0 aliphatic carbocycles. The van der Waals surface area contributed by atoms with E-state index in [1.165, 1.54) is 12.3 Å². The molecule has 0 bridgehead atoms. The van der Waals surface area contributed by atoms with E-state index in [1.54, 1.807) is 19.0 Å². The van der Waals surface area contributed by atoms with Crippen LogP contribution in [0.2, 0.25) is 0 Å². The average Bonchev–Trinajstić information content (AvgIpc) is 2.03. The highest BCUT2D eigenvalue weighted by Crippen LogP contribution is 2.18. The van der Waals surface area contributed by atoms with E-state index in [4.69, 9.17) is 10.8 Å². The SMILES string of the molecule is CN(C)c1ncc(C(=O)O)cc1N. The van der Waals surface area contributed by atoms with Gasteiger partial charge in [-0.25, -0.2) is 9.78 Å². The Morgan fingerprint density at radius 3 is 2.62 bits per heavy atom. The molecule has 0 aromatic carbocycles. The number of nitrogens with zero attached hydrogens (tertiary/aromatic N) is 2. The largest absolute Gasteiger partial charge is 0.478 e. The van der Waals surface area contributed by atoms with Crippen molar-refractivity contribution in [2.75, 3.05) is 24.7 Å². The Kier molecular flexibility index (Phi) is 2.36. The fourth-order valence-corrected chi connectivity index (χ4v) is 0.965. The van der Waals surface area contributed by atoms with Gasteiger partial charge in [0.25, 0.3) is 0 Å². The number of aromatic nitrogens is 1. The summed E-state index contributed by atoms with van der Waals surface area (Å²) in [6.45, 7) is 0.